The lowest BCUT2D eigenvalue weighted by Gasteiger charge is -2.37. The van der Waals surface area contributed by atoms with Crippen LogP contribution in [0.4, 0.5) is 30.4 Å². The molecule has 0 saturated carbocycles. The molecule has 2 N–H and O–H groups in total. The fourth-order valence-corrected chi connectivity index (χ4v) is 6.63. The summed E-state index contributed by atoms with van der Waals surface area (Å²) in [5, 5.41) is 22.8. The van der Waals surface area contributed by atoms with Crippen LogP contribution < -0.4 is 20.7 Å². The SMILES string of the molecule is CCc1c(N2CCN(c3nccc(Cl)c3O)CC2)c(=O)n2nc(-c3ccc4nn(C)cc4c3)nc2n1CC(=O)Nc1ccc(C(F)(F)F)cc1Cl. The highest BCUT2D eigenvalue weighted by Gasteiger charge is 2.32. The predicted octanol–water partition coefficient (Wildman–Crippen LogP) is 5.40. The minimum atomic E-state index is -4.61. The first-order valence-corrected chi connectivity index (χ1v) is 16.5. The zero-order valence-corrected chi connectivity index (χ0v) is 28.6. The van der Waals surface area contributed by atoms with Crippen molar-refractivity contribution in [3.8, 4) is 17.1 Å². The molecule has 0 unspecified atom stereocenters. The second kappa shape index (κ2) is 13.1. The molecule has 6 aromatic rings. The van der Waals surface area contributed by atoms with Crippen molar-refractivity contribution in [2.75, 3.05) is 41.3 Å². The van der Waals surface area contributed by atoms with Crippen molar-refractivity contribution in [2.24, 2.45) is 7.05 Å². The Morgan fingerprint density at radius 1 is 1.00 bits per heavy atom. The van der Waals surface area contributed by atoms with Crippen LogP contribution >= 0.6 is 23.2 Å². The van der Waals surface area contributed by atoms with Gasteiger partial charge in [-0.1, -0.05) is 30.1 Å². The molecule has 1 saturated heterocycles. The Bertz CT molecular complexity index is 2380. The third-order valence-electron chi connectivity index (χ3n) is 8.66. The molecule has 18 heteroatoms. The molecule has 7 rings (SSSR count). The van der Waals surface area contributed by atoms with Gasteiger partial charge in [0.25, 0.3) is 5.56 Å². The van der Waals surface area contributed by atoms with Gasteiger partial charge in [0.15, 0.2) is 17.4 Å². The van der Waals surface area contributed by atoms with Gasteiger partial charge in [0.2, 0.25) is 11.7 Å². The number of fused-ring (bicyclic) bond motifs is 2. The van der Waals surface area contributed by atoms with Crippen molar-refractivity contribution in [3.05, 3.63) is 86.5 Å². The molecular weight excluding hydrogens is 712 g/mol. The van der Waals surface area contributed by atoms with Crippen LogP contribution in [0.25, 0.3) is 28.1 Å². The number of aromatic nitrogens is 7. The molecule has 0 bridgehead atoms. The zero-order chi connectivity index (χ0) is 36.2. The molecule has 5 heterocycles. The number of aryl methyl sites for hydroxylation is 1. The summed E-state index contributed by atoms with van der Waals surface area (Å²) in [6.07, 6.45) is -0.946. The Morgan fingerprint density at radius 3 is 2.45 bits per heavy atom. The maximum Gasteiger partial charge on any atom is 0.416 e. The monoisotopic (exact) mass is 740 g/mol. The Balaban J connectivity index is 1.29. The molecule has 1 aliphatic rings. The average Bonchev–Trinajstić information content (AvgIpc) is 3.71. The lowest BCUT2D eigenvalue weighted by Crippen LogP contribution is -2.49. The van der Waals surface area contributed by atoms with E-state index in [1.165, 1.54) is 12.3 Å². The summed E-state index contributed by atoms with van der Waals surface area (Å²) < 4.78 is 44.1. The number of nitrogens with zero attached hydrogens (tertiary/aromatic N) is 9. The smallest absolute Gasteiger partial charge is 0.416 e. The molecule has 1 fully saturated rings. The van der Waals surface area contributed by atoms with Gasteiger partial charge in [-0.3, -0.25) is 14.3 Å². The van der Waals surface area contributed by atoms with Gasteiger partial charge < -0.3 is 24.8 Å². The summed E-state index contributed by atoms with van der Waals surface area (Å²) in [5.41, 5.74) is 0.792. The second-order valence-corrected chi connectivity index (χ2v) is 12.8. The number of piperazine rings is 1. The molecule has 0 atom stereocenters. The number of carbonyl (C=O) groups excluding carboxylic acids is 1. The maximum atomic E-state index is 14.3. The van der Waals surface area contributed by atoms with E-state index in [1.54, 1.807) is 22.4 Å². The van der Waals surface area contributed by atoms with Gasteiger partial charge in [0.05, 0.1) is 32.5 Å². The maximum absolute atomic E-state index is 14.3. The quantitative estimate of drug-likeness (QED) is 0.220. The summed E-state index contributed by atoms with van der Waals surface area (Å²) in [4.78, 5) is 40.6. The minimum Gasteiger partial charge on any atom is -0.503 e. The molecule has 264 valence electrons. The number of alkyl halides is 3. The van der Waals surface area contributed by atoms with Crippen molar-refractivity contribution in [1.82, 2.24) is 33.9 Å². The predicted molar refractivity (Wildman–Crippen MR) is 187 cm³/mol. The van der Waals surface area contributed by atoms with Gasteiger partial charge in [-0.05, 0) is 48.9 Å². The number of anilines is 3. The number of benzene rings is 2. The van der Waals surface area contributed by atoms with Crippen LogP contribution in [-0.4, -0.2) is 71.1 Å². The molecule has 1 aliphatic heterocycles. The van der Waals surface area contributed by atoms with Crippen LogP contribution in [-0.2, 0) is 31.0 Å². The summed E-state index contributed by atoms with van der Waals surface area (Å²) in [6, 6.07) is 9.61. The third kappa shape index (κ3) is 6.40. The number of pyridine rings is 1. The lowest BCUT2D eigenvalue weighted by atomic mass is 10.1. The number of hydrogen-bond donors (Lipinski definition) is 2. The number of carbonyl (C=O) groups is 1. The van der Waals surface area contributed by atoms with Gasteiger partial charge in [-0.2, -0.15) is 27.8 Å². The van der Waals surface area contributed by atoms with E-state index < -0.39 is 23.2 Å². The first-order valence-electron chi connectivity index (χ1n) is 15.8. The fraction of sp³-hybridized carbons (Fsp3) is 0.273. The van der Waals surface area contributed by atoms with Gasteiger partial charge in [0.1, 0.15) is 12.2 Å². The molecule has 1 amide bonds. The van der Waals surface area contributed by atoms with Crippen molar-refractivity contribution in [1.29, 1.82) is 0 Å². The van der Waals surface area contributed by atoms with E-state index in [-0.39, 0.29) is 39.6 Å². The Morgan fingerprint density at radius 2 is 1.75 bits per heavy atom. The normalized spacial score (nSPS) is 13.8. The van der Waals surface area contributed by atoms with Crippen molar-refractivity contribution in [3.63, 3.8) is 0 Å². The summed E-state index contributed by atoms with van der Waals surface area (Å²) in [7, 11) is 1.81. The van der Waals surface area contributed by atoms with E-state index in [4.69, 9.17) is 28.2 Å². The topological polar surface area (TPSA) is 139 Å². The number of rotatable bonds is 7. The van der Waals surface area contributed by atoms with Crippen LogP contribution in [0.2, 0.25) is 10.0 Å². The minimum absolute atomic E-state index is 0.00840. The molecule has 0 spiro atoms. The number of halogens is 5. The summed E-state index contributed by atoms with van der Waals surface area (Å²) >= 11 is 12.3. The van der Waals surface area contributed by atoms with Gasteiger partial charge in [0, 0.05) is 56.6 Å². The van der Waals surface area contributed by atoms with E-state index in [0.29, 0.717) is 55.4 Å². The number of aromatic hydroxyl groups is 1. The second-order valence-electron chi connectivity index (χ2n) is 11.9. The van der Waals surface area contributed by atoms with Crippen LogP contribution in [0.1, 0.15) is 18.2 Å². The van der Waals surface area contributed by atoms with Crippen LogP contribution in [0.15, 0.2) is 59.7 Å². The van der Waals surface area contributed by atoms with Gasteiger partial charge in [-0.25, -0.2) is 4.98 Å². The van der Waals surface area contributed by atoms with E-state index in [2.05, 4.69) is 20.5 Å². The molecule has 0 aliphatic carbocycles. The van der Waals surface area contributed by atoms with Crippen LogP contribution in [0, 0.1) is 0 Å². The van der Waals surface area contributed by atoms with Crippen molar-refractivity contribution >= 4 is 63.0 Å². The lowest BCUT2D eigenvalue weighted by molar-refractivity contribution is -0.137. The third-order valence-corrected chi connectivity index (χ3v) is 9.28. The van der Waals surface area contributed by atoms with Gasteiger partial charge >= 0.3 is 6.18 Å². The van der Waals surface area contributed by atoms with E-state index in [1.807, 2.05) is 35.1 Å². The Kier molecular flexibility index (Phi) is 8.75. The Labute approximate surface area is 297 Å². The summed E-state index contributed by atoms with van der Waals surface area (Å²) in [5.74, 6) is -0.0803. The van der Waals surface area contributed by atoms with E-state index in [0.717, 1.165) is 33.6 Å². The van der Waals surface area contributed by atoms with Gasteiger partial charge in [-0.15, -0.1) is 5.10 Å². The molecular formula is C33H29Cl2F3N10O3. The standard InChI is InChI=1S/C33H29Cl2F3N10O3/c1-3-25-27(45-10-12-46(13-11-45)30-28(50)21(34)8-9-39-30)31(51)48-32(41-29(43-48)18-4-6-23-19(14-18)16-44(2)42-23)47(25)17-26(49)40-24-7-5-20(15-22(24)35)33(36,37)38/h4-9,14-16,50H,3,10-13,17H2,1-2H3,(H,40,49). The van der Waals surface area contributed by atoms with E-state index >= 15 is 0 Å². The number of amides is 1. The van der Waals surface area contributed by atoms with Crippen molar-refractivity contribution in [2.45, 2.75) is 26.1 Å². The number of nitrogens with one attached hydrogen (secondary N) is 1. The first-order chi connectivity index (χ1) is 24.3. The largest absolute Gasteiger partial charge is 0.503 e. The fourth-order valence-electron chi connectivity index (χ4n) is 6.26. The molecule has 2 aromatic carbocycles. The van der Waals surface area contributed by atoms with Crippen LogP contribution in [0.5, 0.6) is 5.75 Å². The summed E-state index contributed by atoms with van der Waals surface area (Å²) in [6.45, 7) is 2.97. The molecule has 4 aromatic heterocycles. The van der Waals surface area contributed by atoms with Crippen molar-refractivity contribution < 1.29 is 23.1 Å². The zero-order valence-electron chi connectivity index (χ0n) is 27.1. The molecule has 51 heavy (non-hydrogen) atoms. The van der Waals surface area contributed by atoms with E-state index in [9.17, 15) is 27.9 Å². The average molecular weight is 742 g/mol. The number of hydrogen-bond acceptors (Lipinski definition) is 9. The van der Waals surface area contributed by atoms with Crippen LogP contribution in [0.3, 0.4) is 0 Å². The highest BCUT2D eigenvalue weighted by Crippen LogP contribution is 2.35. The highest BCUT2D eigenvalue weighted by atomic mass is 35.5. The molecule has 0 radical (unpaired) electrons. The Hall–Kier alpha value is -5.35. The molecule has 13 nitrogen and oxygen atoms in total. The first kappa shape index (κ1) is 34.1. The highest BCUT2D eigenvalue weighted by molar-refractivity contribution is 6.33.